The Morgan fingerprint density at radius 2 is 2.17 bits per heavy atom. The molecule has 6 nitrogen and oxygen atoms in total. The lowest BCUT2D eigenvalue weighted by Gasteiger charge is -2.16. The minimum absolute atomic E-state index is 0.00675. The van der Waals surface area contributed by atoms with E-state index in [1.54, 1.807) is 7.11 Å². The Morgan fingerprint density at radius 1 is 1.33 bits per heavy atom. The molecule has 0 radical (unpaired) electrons. The number of rotatable bonds is 7. The van der Waals surface area contributed by atoms with E-state index in [9.17, 15) is 9.59 Å². The van der Waals surface area contributed by atoms with E-state index in [0.29, 0.717) is 23.1 Å². The molecule has 2 aliphatic heterocycles. The number of ether oxygens (including phenoxy) is 1. The second-order valence-electron chi connectivity index (χ2n) is 6.12. The Labute approximate surface area is 146 Å². The molecule has 2 saturated heterocycles. The highest BCUT2D eigenvalue weighted by atomic mass is 32.2. The van der Waals surface area contributed by atoms with Gasteiger partial charge < -0.3 is 20.7 Å². The SMILES string of the molecule is COc1ccccc1NC(=O)CCCCC1SCC2NC(=O)NC21. The molecule has 3 atom stereocenters. The number of carbonyl (C=O) groups excluding carboxylic acids is 2. The van der Waals surface area contributed by atoms with Gasteiger partial charge in [-0.2, -0.15) is 11.8 Å². The van der Waals surface area contributed by atoms with Crippen molar-refractivity contribution in [3.63, 3.8) is 0 Å². The molecule has 130 valence electrons. The molecule has 3 unspecified atom stereocenters. The molecule has 2 heterocycles. The molecule has 0 aromatic heterocycles. The number of methoxy groups -OCH3 is 1. The quantitative estimate of drug-likeness (QED) is 0.521. The fraction of sp³-hybridized carbons (Fsp3) is 0.529. The van der Waals surface area contributed by atoms with Crippen LogP contribution in [0.15, 0.2) is 24.3 Å². The maximum Gasteiger partial charge on any atom is 0.315 e. The average Bonchev–Trinajstić information content (AvgIpc) is 3.11. The minimum Gasteiger partial charge on any atom is -0.495 e. The summed E-state index contributed by atoms with van der Waals surface area (Å²) in [7, 11) is 1.59. The van der Waals surface area contributed by atoms with Crippen LogP contribution in [-0.2, 0) is 4.79 Å². The molecule has 2 fully saturated rings. The van der Waals surface area contributed by atoms with Gasteiger partial charge in [0.1, 0.15) is 5.75 Å². The average molecular weight is 349 g/mol. The van der Waals surface area contributed by atoms with E-state index in [1.807, 2.05) is 36.0 Å². The van der Waals surface area contributed by atoms with E-state index < -0.39 is 0 Å². The second kappa shape index (κ2) is 7.79. The monoisotopic (exact) mass is 349 g/mol. The van der Waals surface area contributed by atoms with E-state index in [0.717, 1.165) is 25.0 Å². The number of fused-ring (bicyclic) bond motifs is 1. The van der Waals surface area contributed by atoms with Crippen molar-refractivity contribution in [1.82, 2.24) is 10.6 Å². The molecule has 1 aromatic carbocycles. The fourth-order valence-corrected chi connectivity index (χ4v) is 4.78. The van der Waals surface area contributed by atoms with Gasteiger partial charge in [-0.15, -0.1) is 0 Å². The fourth-order valence-electron chi connectivity index (χ4n) is 3.23. The molecule has 0 aliphatic carbocycles. The minimum atomic E-state index is -0.0495. The normalized spacial score (nSPS) is 24.9. The molecule has 24 heavy (non-hydrogen) atoms. The van der Waals surface area contributed by atoms with Gasteiger partial charge in [0.2, 0.25) is 5.91 Å². The van der Waals surface area contributed by atoms with Crippen LogP contribution >= 0.6 is 11.8 Å². The Morgan fingerprint density at radius 3 is 3.00 bits per heavy atom. The number of carbonyl (C=O) groups is 2. The van der Waals surface area contributed by atoms with Crippen LogP contribution in [0.1, 0.15) is 25.7 Å². The predicted molar refractivity (Wildman–Crippen MR) is 95.6 cm³/mol. The summed E-state index contributed by atoms with van der Waals surface area (Å²) in [6, 6.07) is 7.86. The first-order valence-electron chi connectivity index (χ1n) is 8.29. The van der Waals surface area contributed by atoms with Gasteiger partial charge in [0.05, 0.1) is 24.9 Å². The van der Waals surface area contributed by atoms with E-state index in [4.69, 9.17) is 4.74 Å². The van der Waals surface area contributed by atoms with Crippen LogP contribution in [0.3, 0.4) is 0 Å². The third-order valence-electron chi connectivity index (χ3n) is 4.46. The van der Waals surface area contributed by atoms with Crippen LogP contribution in [0.5, 0.6) is 5.75 Å². The number of para-hydroxylation sites is 2. The molecule has 7 heteroatoms. The Balaban J connectivity index is 1.37. The zero-order chi connectivity index (χ0) is 16.9. The Bertz CT molecular complexity index is 610. The van der Waals surface area contributed by atoms with Crippen LogP contribution in [0.25, 0.3) is 0 Å². The topological polar surface area (TPSA) is 79.5 Å². The van der Waals surface area contributed by atoms with Gasteiger partial charge in [-0.1, -0.05) is 18.6 Å². The smallest absolute Gasteiger partial charge is 0.315 e. The summed E-state index contributed by atoms with van der Waals surface area (Å²) in [6.07, 6.45) is 3.34. The molecular weight excluding hydrogens is 326 g/mol. The van der Waals surface area contributed by atoms with Crippen molar-refractivity contribution >= 4 is 29.4 Å². The standard InChI is InChI=1S/C17H23N3O3S/c1-23-13-7-3-2-6-11(13)18-15(21)9-5-4-8-14-16-12(10-24-14)19-17(22)20-16/h2-3,6-7,12,14,16H,4-5,8-10H2,1H3,(H,18,21)(H2,19,20,22). The summed E-state index contributed by atoms with van der Waals surface area (Å²) in [5.41, 5.74) is 0.707. The van der Waals surface area contributed by atoms with Gasteiger partial charge in [-0.05, 0) is 25.0 Å². The van der Waals surface area contributed by atoms with Crippen LogP contribution in [0.4, 0.5) is 10.5 Å². The van der Waals surface area contributed by atoms with Crippen LogP contribution < -0.4 is 20.7 Å². The van der Waals surface area contributed by atoms with Gasteiger partial charge in [-0.3, -0.25) is 4.79 Å². The van der Waals surface area contributed by atoms with Gasteiger partial charge in [0.15, 0.2) is 0 Å². The first-order chi connectivity index (χ1) is 11.7. The van der Waals surface area contributed by atoms with E-state index in [2.05, 4.69) is 16.0 Å². The highest BCUT2D eigenvalue weighted by Crippen LogP contribution is 2.33. The van der Waals surface area contributed by atoms with Gasteiger partial charge >= 0.3 is 6.03 Å². The largest absolute Gasteiger partial charge is 0.495 e. The molecule has 1 aromatic rings. The summed E-state index contributed by atoms with van der Waals surface area (Å²) in [5.74, 6) is 1.65. The van der Waals surface area contributed by atoms with E-state index in [1.165, 1.54) is 0 Å². The van der Waals surface area contributed by atoms with Gasteiger partial charge in [0, 0.05) is 17.4 Å². The zero-order valence-electron chi connectivity index (χ0n) is 13.7. The lowest BCUT2D eigenvalue weighted by molar-refractivity contribution is -0.116. The molecule has 3 amide bonds. The molecule has 0 saturated carbocycles. The number of unbranched alkanes of at least 4 members (excludes halogenated alkanes) is 1. The number of amides is 3. The number of benzene rings is 1. The number of anilines is 1. The van der Waals surface area contributed by atoms with Gasteiger partial charge in [-0.25, -0.2) is 4.79 Å². The van der Waals surface area contributed by atoms with Crippen LogP contribution in [0.2, 0.25) is 0 Å². The van der Waals surface area contributed by atoms with Crippen molar-refractivity contribution in [3.05, 3.63) is 24.3 Å². The summed E-state index contributed by atoms with van der Waals surface area (Å²) >= 11 is 1.91. The summed E-state index contributed by atoms with van der Waals surface area (Å²) in [4.78, 5) is 23.4. The maximum absolute atomic E-state index is 12.1. The number of hydrogen-bond donors (Lipinski definition) is 3. The summed E-state index contributed by atoms with van der Waals surface area (Å²) in [5, 5.41) is 9.29. The van der Waals surface area contributed by atoms with Crippen molar-refractivity contribution in [2.45, 2.75) is 43.0 Å². The number of hydrogen-bond acceptors (Lipinski definition) is 4. The molecule has 2 aliphatic rings. The maximum atomic E-state index is 12.1. The van der Waals surface area contributed by atoms with Crippen molar-refractivity contribution in [2.24, 2.45) is 0 Å². The third-order valence-corrected chi connectivity index (χ3v) is 5.97. The molecule has 3 N–H and O–H groups in total. The highest BCUT2D eigenvalue weighted by Gasteiger charge is 2.42. The number of nitrogens with one attached hydrogen (secondary N) is 3. The lowest BCUT2D eigenvalue weighted by Crippen LogP contribution is -2.36. The van der Waals surface area contributed by atoms with Gasteiger partial charge in [0.25, 0.3) is 0 Å². The second-order valence-corrected chi connectivity index (χ2v) is 7.39. The van der Waals surface area contributed by atoms with E-state index in [-0.39, 0.29) is 24.0 Å². The molecule has 3 rings (SSSR count). The molecule has 0 spiro atoms. The highest BCUT2D eigenvalue weighted by molar-refractivity contribution is 8.00. The van der Waals surface area contributed by atoms with Crippen molar-refractivity contribution in [3.8, 4) is 5.75 Å². The number of thioether (sulfide) groups is 1. The molecule has 0 bridgehead atoms. The summed E-state index contributed by atoms with van der Waals surface area (Å²) < 4.78 is 5.23. The third kappa shape index (κ3) is 3.95. The van der Waals surface area contributed by atoms with Crippen LogP contribution in [0, 0.1) is 0 Å². The Kier molecular flexibility index (Phi) is 5.50. The molecular formula is C17H23N3O3S. The Hall–Kier alpha value is -1.89. The van der Waals surface area contributed by atoms with Crippen LogP contribution in [-0.4, -0.2) is 42.1 Å². The zero-order valence-corrected chi connectivity index (χ0v) is 14.5. The van der Waals surface area contributed by atoms with E-state index >= 15 is 0 Å². The van der Waals surface area contributed by atoms with Crippen molar-refractivity contribution in [2.75, 3.05) is 18.2 Å². The van der Waals surface area contributed by atoms with Crippen molar-refractivity contribution < 1.29 is 14.3 Å². The first-order valence-corrected chi connectivity index (χ1v) is 9.34. The van der Waals surface area contributed by atoms with Crippen molar-refractivity contribution in [1.29, 1.82) is 0 Å². The number of urea groups is 1. The lowest BCUT2D eigenvalue weighted by atomic mass is 10.0. The first kappa shape index (κ1) is 17.0. The summed E-state index contributed by atoms with van der Waals surface area (Å²) in [6.45, 7) is 0. The predicted octanol–water partition coefficient (Wildman–Crippen LogP) is 2.36.